The Morgan fingerprint density at radius 2 is 0.841 bits per heavy atom. The molecule has 0 spiro atoms. The standard InChI is InChI=1S/C18H26N2O3.C16H21NO4.C10H20N2O.C10H22N2/c1-20(2)17(21)12-14-8-10-16(11-9-14)19-18(22)23-13-15-6-4-3-5-7-15;18-15(19)10-12-6-8-14(9-7-12)17-16(20)21-11-13-4-2-1-3-5-13;1-12(2)10(13)7-8-3-5-9(11)6-4-8;1-12(2)8-7-9-3-5-10(11)6-4-9/h3-7,14,16H,8-13H2,1-2H3,(H,19,22);1-5,12,14H,6-11H2,(H,17,20)(H,18,19);8-9H,3-7,11H2,1-2H3;9-10H,3-8,11H2,1-2H3. The average Bonchev–Trinajstić information content (AvgIpc) is 3.33. The molecular formula is C54H89N7O8. The van der Waals surface area contributed by atoms with E-state index >= 15 is 0 Å². The van der Waals surface area contributed by atoms with Crippen LogP contribution in [-0.2, 0) is 37.1 Å². The highest BCUT2D eigenvalue weighted by atomic mass is 16.6. The van der Waals surface area contributed by atoms with Crippen molar-refractivity contribution in [1.29, 1.82) is 0 Å². The summed E-state index contributed by atoms with van der Waals surface area (Å²) < 4.78 is 10.4. The third-order valence-corrected chi connectivity index (χ3v) is 13.9. The van der Waals surface area contributed by atoms with Gasteiger partial charge in [0.15, 0.2) is 0 Å². The summed E-state index contributed by atoms with van der Waals surface area (Å²) in [6.07, 6.45) is 18.9. The number of nitrogens with two attached hydrogens (primary N) is 2. The second-order valence-corrected chi connectivity index (χ2v) is 20.6. The largest absolute Gasteiger partial charge is 0.481 e. The molecular weight excluding hydrogens is 875 g/mol. The zero-order valence-corrected chi connectivity index (χ0v) is 43.0. The van der Waals surface area contributed by atoms with E-state index in [0.717, 1.165) is 94.1 Å². The normalized spacial score (nSPS) is 24.2. The van der Waals surface area contributed by atoms with E-state index in [0.29, 0.717) is 43.4 Å². The third-order valence-electron chi connectivity index (χ3n) is 13.9. The molecule has 0 bridgehead atoms. The van der Waals surface area contributed by atoms with Gasteiger partial charge in [-0.25, -0.2) is 9.59 Å². The van der Waals surface area contributed by atoms with Crippen LogP contribution >= 0.6 is 0 Å². The Morgan fingerprint density at radius 1 is 0.507 bits per heavy atom. The quantitative estimate of drug-likeness (QED) is 0.115. The molecule has 0 aliphatic heterocycles. The second-order valence-electron chi connectivity index (χ2n) is 20.6. The minimum absolute atomic E-state index is 0.0957. The highest BCUT2D eigenvalue weighted by molar-refractivity contribution is 5.76. The number of hydrogen-bond donors (Lipinski definition) is 5. The summed E-state index contributed by atoms with van der Waals surface area (Å²) in [5, 5.41) is 14.5. The van der Waals surface area contributed by atoms with Crippen LogP contribution < -0.4 is 22.1 Å². The molecule has 7 N–H and O–H groups in total. The first-order valence-corrected chi connectivity index (χ1v) is 25.7. The Balaban J connectivity index is 0.000000253. The number of carboxylic acid groups (broad SMARTS) is 1. The molecule has 388 valence electrons. The molecule has 0 heterocycles. The lowest BCUT2D eigenvalue weighted by atomic mass is 9.84. The Morgan fingerprint density at radius 3 is 1.17 bits per heavy atom. The van der Waals surface area contributed by atoms with Gasteiger partial charge >= 0.3 is 18.2 Å². The average molecular weight is 964 g/mol. The van der Waals surface area contributed by atoms with Crippen molar-refractivity contribution < 1.29 is 38.6 Å². The van der Waals surface area contributed by atoms with Crippen LogP contribution in [0.3, 0.4) is 0 Å². The first kappa shape index (κ1) is 58.6. The van der Waals surface area contributed by atoms with Gasteiger partial charge in [-0.1, -0.05) is 60.7 Å². The molecule has 0 atom stereocenters. The fourth-order valence-electron chi connectivity index (χ4n) is 9.30. The Hall–Kier alpha value is -4.73. The van der Waals surface area contributed by atoms with Gasteiger partial charge in [0.05, 0.1) is 0 Å². The van der Waals surface area contributed by atoms with Crippen molar-refractivity contribution in [3.05, 3.63) is 71.8 Å². The summed E-state index contributed by atoms with van der Waals surface area (Å²) in [4.78, 5) is 62.9. The zero-order chi connectivity index (χ0) is 50.6. The Bertz CT molecular complexity index is 1740. The summed E-state index contributed by atoms with van der Waals surface area (Å²) in [7, 11) is 11.5. The monoisotopic (exact) mass is 964 g/mol. The fraction of sp³-hybridized carbons (Fsp3) is 0.685. The molecule has 6 rings (SSSR count). The van der Waals surface area contributed by atoms with Crippen LogP contribution in [0.5, 0.6) is 0 Å². The lowest BCUT2D eigenvalue weighted by molar-refractivity contribution is -0.138. The van der Waals surface area contributed by atoms with E-state index < -0.39 is 12.1 Å². The van der Waals surface area contributed by atoms with Crippen LogP contribution in [0.4, 0.5) is 9.59 Å². The van der Waals surface area contributed by atoms with E-state index in [4.69, 9.17) is 26.0 Å². The van der Waals surface area contributed by atoms with Gasteiger partial charge in [-0.05, 0) is 165 Å². The highest BCUT2D eigenvalue weighted by Gasteiger charge is 2.26. The predicted molar refractivity (Wildman–Crippen MR) is 273 cm³/mol. The number of carbonyl (C=O) groups is 5. The maximum absolute atomic E-state index is 11.8. The molecule has 4 saturated carbocycles. The summed E-state index contributed by atoms with van der Waals surface area (Å²) in [5.74, 6) is 1.89. The number of rotatable bonds is 15. The van der Waals surface area contributed by atoms with Crippen molar-refractivity contribution in [3.63, 3.8) is 0 Å². The van der Waals surface area contributed by atoms with E-state index in [1.165, 1.54) is 38.6 Å². The van der Waals surface area contributed by atoms with Crippen LogP contribution in [0.2, 0.25) is 0 Å². The van der Waals surface area contributed by atoms with E-state index in [2.05, 4.69) is 29.6 Å². The van der Waals surface area contributed by atoms with Gasteiger partial charge in [-0.15, -0.1) is 0 Å². The zero-order valence-electron chi connectivity index (χ0n) is 43.0. The van der Waals surface area contributed by atoms with Crippen LogP contribution in [-0.4, -0.2) is 123 Å². The molecule has 4 aliphatic rings. The lowest BCUT2D eigenvalue weighted by Crippen LogP contribution is -2.38. The first-order valence-electron chi connectivity index (χ1n) is 25.7. The number of amides is 4. The molecule has 0 aromatic heterocycles. The van der Waals surface area contributed by atoms with Crippen LogP contribution in [0, 0.1) is 23.7 Å². The Kier molecular flexibility index (Phi) is 28.0. The number of carboxylic acids is 1. The van der Waals surface area contributed by atoms with Crippen molar-refractivity contribution in [1.82, 2.24) is 25.3 Å². The number of nitrogens with zero attached hydrogens (tertiary/aromatic N) is 3. The van der Waals surface area contributed by atoms with E-state index in [1.807, 2.05) is 74.8 Å². The van der Waals surface area contributed by atoms with Crippen molar-refractivity contribution >= 4 is 30.0 Å². The molecule has 2 aromatic carbocycles. The lowest BCUT2D eigenvalue weighted by Gasteiger charge is -2.29. The van der Waals surface area contributed by atoms with Gasteiger partial charge in [-0.2, -0.15) is 0 Å². The van der Waals surface area contributed by atoms with Crippen molar-refractivity contribution in [3.8, 4) is 0 Å². The van der Waals surface area contributed by atoms with Gasteiger partial charge in [0, 0.05) is 71.6 Å². The number of carbonyl (C=O) groups excluding carboxylic acids is 4. The molecule has 0 unspecified atom stereocenters. The highest BCUT2D eigenvalue weighted by Crippen LogP contribution is 2.29. The molecule has 4 amide bonds. The summed E-state index contributed by atoms with van der Waals surface area (Å²) in [6, 6.07) is 20.3. The summed E-state index contributed by atoms with van der Waals surface area (Å²) in [6.45, 7) is 1.79. The number of alkyl carbamates (subject to hydrolysis) is 2. The molecule has 15 nitrogen and oxygen atoms in total. The molecule has 69 heavy (non-hydrogen) atoms. The SMILES string of the molecule is CN(C)C(=O)CC1CCC(N)CC1.CN(C)C(=O)CC1CCC(NC(=O)OCc2ccccc2)CC1.CN(C)CCC1CCC(N)CC1.O=C(O)CC1CCC(NC(=O)OCc2ccccc2)CC1. The van der Waals surface area contributed by atoms with Crippen molar-refractivity contribution in [2.24, 2.45) is 35.1 Å². The molecule has 4 aliphatic carbocycles. The van der Waals surface area contributed by atoms with Gasteiger partial charge in [0.25, 0.3) is 0 Å². The minimum Gasteiger partial charge on any atom is -0.481 e. The topological polar surface area (TPSA) is 210 Å². The second kappa shape index (κ2) is 33.0. The maximum Gasteiger partial charge on any atom is 0.407 e. The molecule has 0 saturated heterocycles. The molecule has 4 fully saturated rings. The van der Waals surface area contributed by atoms with Gasteiger partial charge in [-0.3, -0.25) is 14.4 Å². The molecule has 15 heteroatoms. The van der Waals surface area contributed by atoms with Crippen LogP contribution in [0.1, 0.15) is 140 Å². The van der Waals surface area contributed by atoms with Crippen molar-refractivity contribution in [2.75, 3.05) is 48.8 Å². The number of nitrogens with one attached hydrogen (secondary N) is 2. The number of benzene rings is 2. The van der Waals surface area contributed by atoms with E-state index in [9.17, 15) is 24.0 Å². The third kappa shape index (κ3) is 26.7. The summed E-state index contributed by atoms with van der Waals surface area (Å²) >= 11 is 0. The fourth-order valence-corrected chi connectivity index (χ4v) is 9.30. The predicted octanol–water partition coefficient (Wildman–Crippen LogP) is 8.33. The van der Waals surface area contributed by atoms with Crippen molar-refractivity contribution in [2.45, 2.75) is 166 Å². The van der Waals surface area contributed by atoms with Gasteiger partial charge in [0.1, 0.15) is 13.2 Å². The van der Waals surface area contributed by atoms with Gasteiger partial charge in [0.2, 0.25) is 11.8 Å². The number of aliphatic carboxylic acids is 1. The summed E-state index contributed by atoms with van der Waals surface area (Å²) in [5.41, 5.74) is 13.6. The van der Waals surface area contributed by atoms with Crippen LogP contribution in [0.25, 0.3) is 0 Å². The number of hydrogen-bond acceptors (Lipinski definition) is 10. The van der Waals surface area contributed by atoms with Gasteiger partial charge < -0.3 is 51.4 Å². The molecule has 2 aromatic rings. The Labute approximate surface area is 414 Å². The van der Waals surface area contributed by atoms with E-state index in [-0.39, 0.29) is 48.9 Å². The molecule has 0 radical (unpaired) electrons. The smallest absolute Gasteiger partial charge is 0.407 e. The minimum atomic E-state index is -0.742. The van der Waals surface area contributed by atoms with Crippen LogP contribution in [0.15, 0.2) is 60.7 Å². The number of ether oxygens (including phenoxy) is 2. The first-order chi connectivity index (χ1) is 32.9. The maximum atomic E-state index is 11.8. The van der Waals surface area contributed by atoms with E-state index in [1.54, 1.807) is 23.9 Å².